The molecule has 1 N–H and O–H groups in total. The topological polar surface area (TPSA) is 61.8 Å². The Labute approximate surface area is 146 Å². The molecule has 1 aromatic carbocycles. The molecule has 5 nitrogen and oxygen atoms in total. The Bertz CT molecular complexity index is 643. The number of hydrogen-bond acceptors (Lipinski definition) is 3. The van der Waals surface area contributed by atoms with Gasteiger partial charge in [0, 0.05) is 32.4 Å². The van der Waals surface area contributed by atoms with Crippen LogP contribution in [-0.4, -0.2) is 57.5 Å². The van der Waals surface area contributed by atoms with Crippen molar-refractivity contribution >= 4 is 15.8 Å². The number of sulfone groups is 1. The first-order valence-electron chi connectivity index (χ1n) is 8.67. The van der Waals surface area contributed by atoms with Gasteiger partial charge in [-0.25, -0.2) is 8.42 Å². The number of guanidine groups is 1. The first-order valence-corrected chi connectivity index (χ1v) is 10.5. The van der Waals surface area contributed by atoms with Gasteiger partial charge >= 0.3 is 0 Å². The van der Waals surface area contributed by atoms with Crippen molar-refractivity contribution in [3.8, 4) is 0 Å². The lowest BCUT2D eigenvalue weighted by atomic mass is 9.82. The van der Waals surface area contributed by atoms with Crippen LogP contribution < -0.4 is 5.32 Å². The summed E-state index contributed by atoms with van der Waals surface area (Å²) in [7, 11) is -1.19. The predicted molar refractivity (Wildman–Crippen MR) is 100 cm³/mol. The van der Waals surface area contributed by atoms with E-state index in [0.717, 1.165) is 25.5 Å². The minimum Gasteiger partial charge on any atom is -0.355 e. The van der Waals surface area contributed by atoms with Gasteiger partial charge in [-0.15, -0.1) is 0 Å². The fourth-order valence-corrected chi connectivity index (χ4v) is 4.03. The highest BCUT2D eigenvalue weighted by Crippen LogP contribution is 2.32. The highest BCUT2D eigenvalue weighted by Gasteiger charge is 2.28. The van der Waals surface area contributed by atoms with E-state index in [-0.39, 0.29) is 11.5 Å². The van der Waals surface area contributed by atoms with Crippen LogP contribution in [0, 0.1) is 5.92 Å². The normalized spacial score (nSPS) is 22.5. The molecule has 0 amide bonds. The van der Waals surface area contributed by atoms with Crippen LogP contribution in [0.15, 0.2) is 35.3 Å². The van der Waals surface area contributed by atoms with Crippen LogP contribution in [-0.2, 0) is 9.84 Å². The zero-order valence-corrected chi connectivity index (χ0v) is 15.7. The average Bonchev–Trinajstić information content (AvgIpc) is 2.59. The molecule has 1 aromatic rings. The SMILES string of the molecule is CCS(=O)(=O)CCNC(=NC)N1CCC(c2ccccc2)C(C)C1. The van der Waals surface area contributed by atoms with Crippen LogP contribution in [0.1, 0.15) is 31.7 Å². The van der Waals surface area contributed by atoms with Crippen LogP contribution in [0.25, 0.3) is 0 Å². The molecule has 1 heterocycles. The third-order valence-corrected chi connectivity index (χ3v) is 6.49. The molecule has 24 heavy (non-hydrogen) atoms. The van der Waals surface area contributed by atoms with E-state index in [0.29, 0.717) is 18.4 Å². The quantitative estimate of drug-likeness (QED) is 0.652. The third-order valence-electron chi connectivity index (χ3n) is 4.78. The fraction of sp³-hybridized carbons (Fsp3) is 0.611. The van der Waals surface area contributed by atoms with Gasteiger partial charge in [0.15, 0.2) is 15.8 Å². The summed E-state index contributed by atoms with van der Waals surface area (Å²) in [5, 5.41) is 3.20. The monoisotopic (exact) mass is 351 g/mol. The molecule has 1 saturated heterocycles. The number of benzene rings is 1. The molecule has 0 bridgehead atoms. The van der Waals surface area contributed by atoms with Gasteiger partial charge in [0.1, 0.15) is 0 Å². The van der Waals surface area contributed by atoms with E-state index in [1.165, 1.54) is 5.56 Å². The number of piperidine rings is 1. The Morgan fingerprint density at radius 1 is 1.33 bits per heavy atom. The Hall–Kier alpha value is -1.56. The van der Waals surface area contributed by atoms with Crippen molar-refractivity contribution < 1.29 is 8.42 Å². The van der Waals surface area contributed by atoms with Gasteiger partial charge in [-0.2, -0.15) is 0 Å². The maximum Gasteiger partial charge on any atom is 0.193 e. The van der Waals surface area contributed by atoms with Crippen LogP contribution in [0.2, 0.25) is 0 Å². The first-order chi connectivity index (χ1) is 11.5. The highest BCUT2D eigenvalue weighted by molar-refractivity contribution is 7.91. The minimum absolute atomic E-state index is 0.151. The molecule has 0 spiro atoms. The molecule has 6 heteroatoms. The lowest BCUT2D eigenvalue weighted by molar-refractivity contribution is 0.235. The number of nitrogens with zero attached hydrogens (tertiary/aromatic N) is 2. The van der Waals surface area contributed by atoms with Crippen molar-refractivity contribution in [2.45, 2.75) is 26.2 Å². The average molecular weight is 352 g/mol. The van der Waals surface area contributed by atoms with E-state index >= 15 is 0 Å². The van der Waals surface area contributed by atoms with Gasteiger partial charge in [0.2, 0.25) is 0 Å². The minimum atomic E-state index is -2.95. The van der Waals surface area contributed by atoms with E-state index in [4.69, 9.17) is 0 Å². The van der Waals surface area contributed by atoms with E-state index in [9.17, 15) is 8.42 Å². The van der Waals surface area contributed by atoms with Crippen LogP contribution in [0.4, 0.5) is 0 Å². The zero-order chi connectivity index (χ0) is 17.6. The van der Waals surface area contributed by atoms with Gasteiger partial charge in [0.25, 0.3) is 0 Å². The number of nitrogens with one attached hydrogen (secondary N) is 1. The molecule has 0 aromatic heterocycles. The Kier molecular flexibility index (Phi) is 6.66. The van der Waals surface area contributed by atoms with Crippen molar-refractivity contribution in [1.29, 1.82) is 0 Å². The van der Waals surface area contributed by atoms with Gasteiger partial charge in [-0.3, -0.25) is 4.99 Å². The molecule has 1 aliphatic heterocycles. The second-order valence-corrected chi connectivity index (χ2v) is 8.91. The second-order valence-electron chi connectivity index (χ2n) is 6.44. The summed E-state index contributed by atoms with van der Waals surface area (Å²) in [6.07, 6.45) is 1.08. The van der Waals surface area contributed by atoms with Crippen molar-refractivity contribution in [1.82, 2.24) is 10.2 Å². The zero-order valence-electron chi connectivity index (χ0n) is 14.9. The number of likely N-dealkylation sites (tertiary alicyclic amines) is 1. The molecule has 2 atom stereocenters. The van der Waals surface area contributed by atoms with Crippen LogP contribution >= 0.6 is 0 Å². The summed E-state index contributed by atoms with van der Waals surface area (Å²) < 4.78 is 23.2. The summed E-state index contributed by atoms with van der Waals surface area (Å²) in [4.78, 5) is 6.56. The van der Waals surface area contributed by atoms with E-state index < -0.39 is 9.84 Å². The molecule has 134 valence electrons. The largest absolute Gasteiger partial charge is 0.355 e. The van der Waals surface area contributed by atoms with Crippen molar-refractivity contribution in [2.24, 2.45) is 10.9 Å². The second kappa shape index (κ2) is 8.51. The molecule has 0 saturated carbocycles. The summed E-state index contributed by atoms with van der Waals surface area (Å²) in [5.41, 5.74) is 1.40. The molecule has 2 rings (SSSR count). The summed E-state index contributed by atoms with van der Waals surface area (Å²) in [5.74, 6) is 2.24. The number of aliphatic imine (C=N–C) groups is 1. The maximum atomic E-state index is 11.6. The van der Waals surface area contributed by atoms with Gasteiger partial charge in [-0.05, 0) is 23.8 Å². The first kappa shape index (κ1) is 18.8. The van der Waals surface area contributed by atoms with Crippen molar-refractivity contribution in [3.05, 3.63) is 35.9 Å². The predicted octanol–water partition coefficient (Wildman–Crippen LogP) is 2.12. The summed E-state index contributed by atoms with van der Waals surface area (Å²) >= 11 is 0. The van der Waals surface area contributed by atoms with Crippen molar-refractivity contribution in [3.63, 3.8) is 0 Å². The van der Waals surface area contributed by atoms with Gasteiger partial charge in [0.05, 0.1) is 5.75 Å². The number of rotatable bonds is 5. The molecule has 1 fully saturated rings. The summed E-state index contributed by atoms with van der Waals surface area (Å²) in [6.45, 7) is 6.23. The molecule has 0 aliphatic carbocycles. The third kappa shape index (κ3) is 4.97. The standard InChI is InChI=1S/C18H29N3O2S/c1-4-24(22,23)13-11-20-18(19-3)21-12-10-17(15(2)14-21)16-8-6-5-7-9-16/h5-9,15,17H,4,10-14H2,1-3H3,(H,19,20). The molecule has 1 aliphatic rings. The molecular weight excluding hydrogens is 322 g/mol. The molecule has 2 unspecified atom stereocenters. The fourth-order valence-electron chi connectivity index (χ4n) is 3.33. The number of hydrogen-bond donors (Lipinski definition) is 1. The Balaban J connectivity index is 1.91. The molecule has 0 radical (unpaired) electrons. The highest BCUT2D eigenvalue weighted by atomic mass is 32.2. The lowest BCUT2D eigenvalue weighted by Crippen LogP contribution is -2.48. The summed E-state index contributed by atoms with van der Waals surface area (Å²) in [6, 6.07) is 10.7. The van der Waals surface area contributed by atoms with E-state index in [1.807, 2.05) is 0 Å². The smallest absolute Gasteiger partial charge is 0.193 e. The van der Waals surface area contributed by atoms with Crippen LogP contribution in [0.3, 0.4) is 0 Å². The van der Waals surface area contributed by atoms with Crippen molar-refractivity contribution in [2.75, 3.05) is 38.2 Å². The molecular formula is C18H29N3O2S. The lowest BCUT2D eigenvalue weighted by Gasteiger charge is -2.38. The van der Waals surface area contributed by atoms with Gasteiger partial charge < -0.3 is 10.2 Å². The Morgan fingerprint density at radius 2 is 2.04 bits per heavy atom. The maximum absolute atomic E-state index is 11.6. The van der Waals surface area contributed by atoms with Gasteiger partial charge in [-0.1, -0.05) is 44.2 Å². The Morgan fingerprint density at radius 3 is 2.62 bits per heavy atom. The van der Waals surface area contributed by atoms with E-state index in [2.05, 4.69) is 52.5 Å². The van der Waals surface area contributed by atoms with E-state index in [1.54, 1.807) is 14.0 Å². The van der Waals surface area contributed by atoms with Crippen LogP contribution in [0.5, 0.6) is 0 Å².